The minimum atomic E-state index is -5.45. The van der Waals surface area contributed by atoms with Gasteiger partial charge in [-0.2, -0.15) is 9.29 Å². The van der Waals surface area contributed by atoms with Crippen LogP contribution in [-0.4, -0.2) is 96.9 Å². The molecule has 7 N–H and O–H groups in total. The lowest BCUT2D eigenvalue weighted by atomic mass is 10.1. The van der Waals surface area contributed by atoms with Crippen LogP contribution < -0.4 is 11.4 Å². The summed E-state index contributed by atoms with van der Waals surface area (Å²) >= 11 is 0. The largest absolute Gasteiger partial charge is 0.481 e. The molecule has 3 unspecified atom stereocenters. The van der Waals surface area contributed by atoms with Crippen molar-refractivity contribution in [3.63, 3.8) is 0 Å². The van der Waals surface area contributed by atoms with E-state index in [1.807, 2.05) is 37.3 Å². The van der Waals surface area contributed by atoms with Gasteiger partial charge in [0.1, 0.15) is 30.7 Å². The highest BCUT2D eigenvalue weighted by molar-refractivity contribution is 7.61. The predicted octanol–water partition coefficient (Wildman–Crippen LogP) is 10.1. The standard InChI is InChI=1S/C52H87N3O16P2/c1-3-5-6-7-8-9-10-11-12-13-14-17-20-23-26-29-32-36-47(57)66-40-44(69-48(58)37-33-30-27-24-21-18-15-16-19-22-25-28-31-35-43(56)34-4-2)41-67-72(62,63)71-73(64,65)68-42-45-49(59)50(60)51(70-45)55-39-38-46(53)54-52(55)61/h11-12,15,18-19,22,24,27-28,31,38-39,43-45,49-51,56,59-60H,3-10,13-14,16-17,20-21,23,25-26,29-30,32-37,40-42H2,1-2H3,(H,62,63)(H,64,65)(H2,53,54,61)/b12-11-,18-15-,22-19-,27-24-,31-28-/t43?,44-,45-,49-,50-,51-/m1/s1. The van der Waals surface area contributed by atoms with E-state index in [-0.39, 0.29) is 24.8 Å². The molecule has 1 aromatic rings. The summed E-state index contributed by atoms with van der Waals surface area (Å²) in [5.74, 6) is -1.39. The van der Waals surface area contributed by atoms with Gasteiger partial charge < -0.3 is 45.1 Å². The number of hydrogen-bond acceptors (Lipinski definition) is 16. The SMILES string of the molecule is CCCCCCCC/C=C\CCCCCCCCCC(=O)OC[C@H](COP(=O)(O)OP(=O)(O)OC[C@H]1O[C@@H](n2ccc(N)nc2=O)[C@H](O)[C@@H]1O)OC(=O)CCC/C=C\C/C=C\C/C=C\C/C=C\CC(O)CCC. The first-order chi connectivity index (χ1) is 35.1. The summed E-state index contributed by atoms with van der Waals surface area (Å²) in [6.07, 6.45) is 36.5. The van der Waals surface area contributed by atoms with E-state index >= 15 is 0 Å². The fraction of sp³-hybridized carbons (Fsp3) is 0.692. The lowest BCUT2D eigenvalue weighted by molar-refractivity contribution is -0.161. The molecule has 1 fully saturated rings. The second-order valence-corrected chi connectivity index (χ2v) is 21.2. The van der Waals surface area contributed by atoms with Crippen LogP contribution in [-0.2, 0) is 46.3 Å². The molecule has 19 nitrogen and oxygen atoms in total. The first-order valence-electron chi connectivity index (χ1n) is 26.4. The third kappa shape index (κ3) is 32.5. The number of esters is 2. The van der Waals surface area contributed by atoms with Crippen molar-refractivity contribution >= 4 is 33.4 Å². The van der Waals surface area contributed by atoms with Gasteiger partial charge in [-0.05, 0) is 83.1 Å². The Kier molecular flexibility index (Phi) is 35.7. The lowest BCUT2D eigenvalue weighted by Gasteiger charge is -2.21. The van der Waals surface area contributed by atoms with Gasteiger partial charge in [0.25, 0.3) is 0 Å². The maximum Gasteiger partial charge on any atom is 0.481 e. The Balaban J connectivity index is 1.82. The van der Waals surface area contributed by atoms with E-state index in [9.17, 15) is 48.6 Å². The Bertz CT molecular complexity index is 1980. The Morgan fingerprint density at radius 2 is 1.25 bits per heavy atom. The Labute approximate surface area is 433 Å². The highest BCUT2D eigenvalue weighted by Gasteiger charge is 2.46. The highest BCUT2D eigenvalue weighted by Crippen LogP contribution is 2.60. The second kappa shape index (κ2) is 39.8. The van der Waals surface area contributed by atoms with E-state index in [0.717, 1.165) is 87.8 Å². The van der Waals surface area contributed by atoms with Crippen LogP contribution in [0.3, 0.4) is 0 Å². The number of anilines is 1. The smallest absolute Gasteiger partial charge is 0.462 e. The summed E-state index contributed by atoms with van der Waals surface area (Å²) in [4.78, 5) is 61.9. The molecule has 2 rings (SSSR count). The molecule has 21 heteroatoms. The van der Waals surface area contributed by atoms with Crippen LogP contribution in [0.25, 0.3) is 0 Å². The van der Waals surface area contributed by atoms with Crippen LogP contribution in [0.2, 0.25) is 0 Å². The van der Waals surface area contributed by atoms with Gasteiger partial charge in [0.15, 0.2) is 12.3 Å². The number of unbranched alkanes of at least 4 members (excludes halogenated alkanes) is 14. The molecular weight excluding hydrogens is 985 g/mol. The molecule has 8 atom stereocenters. The normalized spacial score (nSPS) is 19.9. The number of aliphatic hydroxyl groups excluding tert-OH is 3. The molecule has 1 aliphatic rings. The van der Waals surface area contributed by atoms with Gasteiger partial charge in [0, 0.05) is 19.0 Å². The molecule has 416 valence electrons. The number of phosphoric ester groups is 2. The number of allylic oxidation sites excluding steroid dienone is 9. The van der Waals surface area contributed by atoms with Gasteiger partial charge in [-0.25, -0.2) is 13.9 Å². The molecule has 0 amide bonds. The zero-order valence-electron chi connectivity index (χ0n) is 43.3. The van der Waals surface area contributed by atoms with E-state index in [2.05, 4.69) is 46.6 Å². The summed E-state index contributed by atoms with van der Waals surface area (Å²) in [5.41, 5.74) is 4.58. The molecule has 1 saturated heterocycles. The molecule has 2 heterocycles. The number of nitrogens with zero attached hydrogens (tertiary/aromatic N) is 2. The van der Waals surface area contributed by atoms with Gasteiger partial charge in [0.05, 0.1) is 19.3 Å². The predicted molar refractivity (Wildman–Crippen MR) is 281 cm³/mol. The van der Waals surface area contributed by atoms with Crippen molar-refractivity contribution < 1.29 is 71.4 Å². The average Bonchev–Trinajstić information content (AvgIpc) is 3.62. The fourth-order valence-electron chi connectivity index (χ4n) is 7.55. The number of carbonyl (C=O) groups is 2. The fourth-order valence-corrected chi connectivity index (χ4v) is 9.66. The second-order valence-electron chi connectivity index (χ2n) is 18.2. The van der Waals surface area contributed by atoms with Gasteiger partial charge >= 0.3 is 33.3 Å². The average molecular weight is 1070 g/mol. The van der Waals surface area contributed by atoms with Crippen molar-refractivity contribution in [3.05, 3.63) is 83.5 Å². The Morgan fingerprint density at radius 1 is 0.712 bits per heavy atom. The summed E-state index contributed by atoms with van der Waals surface area (Å²) in [7, 11) is -10.9. The van der Waals surface area contributed by atoms with Crippen molar-refractivity contribution in [1.82, 2.24) is 9.55 Å². The topological polar surface area (TPSA) is 286 Å². The highest BCUT2D eigenvalue weighted by atomic mass is 31.3. The van der Waals surface area contributed by atoms with Crippen LogP contribution in [0.4, 0.5) is 5.82 Å². The van der Waals surface area contributed by atoms with Crippen LogP contribution in [0.15, 0.2) is 77.8 Å². The zero-order chi connectivity index (χ0) is 53.6. The molecule has 0 aromatic carbocycles. The van der Waals surface area contributed by atoms with Crippen LogP contribution in [0.1, 0.15) is 181 Å². The molecule has 1 aromatic heterocycles. The first kappa shape index (κ1) is 65.5. The molecule has 0 spiro atoms. The number of aromatic nitrogens is 2. The number of aliphatic hydroxyl groups is 3. The monoisotopic (exact) mass is 1070 g/mol. The van der Waals surface area contributed by atoms with E-state index < -0.39 is 83.7 Å². The van der Waals surface area contributed by atoms with E-state index in [4.69, 9.17) is 29.0 Å². The van der Waals surface area contributed by atoms with Crippen molar-refractivity contribution in [2.24, 2.45) is 0 Å². The van der Waals surface area contributed by atoms with Crippen molar-refractivity contribution in [3.8, 4) is 0 Å². The molecule has 0 saturated carbocycles. The Hall–Kier alpha value is -3.58. The summed E-state index contributed by atoms with van der Waals surface area (Å²) in [5, 5.41) is 30.7. The molecule has 0 aliphatic carbocycles. The number of nitrogens with two attached hydrogens (primary N) is 1. The van der Waals surface area contributed by atoms with Crippen LogP contribution >= 0.6 is 15.6 Å². The molecule has 0 radical (unpaired) electrons. The maximum atomic E-state index is 12.9. The van der Waals surface area contributed by atoms with Gasteiger partial charge in [-0.1, -0.05) is 145 Å². The number of phosphoric acid groups is 2. The van der Waals surface area contributed by atoms with Crippen molar-refractivity contribution in [1.29, 1.82) is 0 Å². The third-order valence-electron chi connectivity index (χ3n) is 11.6. The molecule has 73 heavy (non-hydrogen) atoms. The van der Waals surface area contributed by atoms with Crippen LogP contribution in [0.5, 0.6) is 0 Å². The van der Waals surface area contributed by atoms with Gasteiger partial charge in [-0.15, -0.1) is 0 Å². The van der Waals surface area contributed by atoms with E-state index in [1.54, 1.807) is 0 Å². The number of carbonyl (C=O) groups excluding carboxylic acids is 2. The number of hydrogen-bond donors (Lipinski definition) is 6. The zero-order valence-corrected chi connectivity index (χ0v) is 45.1. The molecule has 0 bridgehead atoms. The Morgan fingerprint density at radius 3 is 1.86 bits per heavy atom. The summed E-state index contributed by atoms with van der Waals surface area (Å²) in [6, 6.07) is 1.24. The quantitative estimate of drug-likeness (QED) is 0.0153. The first-order valence-corrected chi connectivity index (χ1v) is 29.4. The third-order valence-corrected chi connectivity index (χ3v) is 14.2. The van der Waals surface area contributed by atoms with E-state index in [0.29, 0.717) is 32.1 Å². The molecular formula is C52H87N3O16P2. The lowest BCUT2D eigenvalue weighted by Crippen LogP contribution is -2.36. The van der Waals surface area contributed by atoms with Gasteiger partial charge in [0.2, 0.25) is 0 Å². The van der Waals surface area contributed by atoms with Crippen molar-refractivity contribution in [2.75, 3.05) is 25.6 Å². The maximum absolute atomic E-state index is 12.9. The van der Waals surface area contributed by atoms with E-state index in [1.165, 1.54) is 44.6 Å². The van der Waals surface area contributed by atoms with Gasteiger partial charge in [-0.3, -0.25) is 23.2 Å². The number of nitrogen functional groups attached to an aromatic ring is 1. The minimum Gasteiger partial charge on any atom is -0.462 e. The number of ether oxygens (including phenoxy) is 3. The van der Waals surface area contributed by atoms with Crippen LogP contribution in [0, 0.1) is 0 Å². The number of rotatable bonds is 43. The van der Waals surface area contributed by atoms with Crippen molar-refractivity contribution in [2.45, 2.75) is 211 Å². The minimum absolute atomic E-state index is 0.0432. The molecule has 1 aliphatic heterocycles. The summed E-state index contributed by atoms with van der Waals surface area (Å²) < 4.78 is 56.7. The summed E-state index contributed by atoms with van der Waals surface area (Å²) in [6.45, 7) is 1.90.